The van der Waals surface area contributed by atoms with Crippen molar-refractivity contribution in [1.82, 2.24) is 15.3 Å². The van der Waals surface area contributed by atoms with Crippen LogP contribution in [0, 0.1) is 11.3 Å². The molecular formula is C38H36N6O4. The molecule has 242 valence electrons. The van der Waals surface area contributed by atoms with Crippen molar-refractivity contribution in [2.24, 2.45) is 5.73 Å². The molecule has 1 aliphatic heterocycles. The number of nitrogens with one attached hydrogen (secondary N) is 2. The number of hydrogen-bond donors (Lipinski definition) is 3. The van der Waals surface area contributed by atoms with Crippen molar-refractivity contribution in [2.45, 2.75) is 38.0 Å². The first kappa shape index (κ1) is 31.9. The van der Waals surface area contributed by atoms with Crippen molar-refractivity contribution in [3.63, 3.8) is 0 Å². The van der Waals surface area contributed by atoms with E-state index in [4.69, 9.17) is 20.5 Å². The van der Waals surface area contributed by atoms with Gasteiger partial charge >= 0.3 is 0 Å². The summed E-state index contributed by atoms with van der Waals surface area (Å²) >= 11 is 0. The van der Waals surface area contributed by atoms with Crippen molar-refractivity contribution in [2.75, 3.05) is 18.6 Å². The molecule has 0 saturated heterocycles. The summed E-state index contributed by atoms with van der Waals surface area (Å²) in [5.41, 5.74) is 10.5. The number of benzene rings is 4. The molecule has 4 aromatic carbocycles. The minimum Gasteiger partial charge on any atom is -0.492 e. The zero-order valence-corrected chi connectivity index (χ0v) is 26.6. The van der Waals surface area contributed by atoms with E-state index >= 15 is 0 Å². The van der Waals surface area contributed by atoms with Gasteiger partial charge in [-0.2, -0.15) is 5.26 Å². The van der Waals surface area contributed by atoms with Crippen LogP contribution in [0.4, 0.5) is 5.82 Å². The maximum Gasteiger partial charge on any atom is 0.255 e. The van der Waals surface area contributed by atoms with Gasteiger partial charge in [-0.1, -0.05) is 66.7 Å². The molecular weight excluding hydrogens is 604 g/mol. The number of H-pyrrole nitrogens is 1. The van der Waals surface area contributed by atoms with Gasteiger partial charge in [-0.25, -0.2) is 4.98 Å². The lowest BCUT2D eigenvalue weighted by molar-refractivity contribution is -0.119. The normalized spacial score (nSPS) is 14.1. The van der Waals surface area contributed by atoms with E-state index in [2.05, 4.69) is 26.3 Å². The Balaban J connectivity index is 1.11. The number of primary amides is 1. The summed E-state index contributed by atoms with van der Waals surface area (Å²) in [4.78, 5) is 36.1. The Labute approximate surface area is 279 Å². The largest absolute Gasteiger partial charge is 0.492 e. The molecule has 1 aliphatic rings. The SMILES string of the molecule is CN(c1cnc(Cc2ccc(C#N)cc2)[nH]1)C1CCOc2c(C(=O)N[C@@H](Cc3ccc(OCc4ccccc4)cc3)C(N)=O)cccc21. The number of aromatic nitrogens is 2. The quantitative estimate of drug-likeness (QED) is 0.169. The molecule has 5 aromatic rings. The fourth-order valence-electron chi connectivity index (χ4n) is 5.82. The number of carbonyl (C=O) groups excluding carboxylic acids is 2. The minimum absolute atomic E-state index is 0.0840. The highest BCUT2D eigenvalue weighted by Crippen LogP contribution is 2.39. The topological polar surface area (TPSA) is 146 Å². The highest BCUT2D eigenvalue weighted by Gasteiger charge is 2.30. The van der Waals surface area contributed by atoms with Crippen LogP contribution in [0.1, 0.15) is 56.5 Å². The van der Waals surface area contributed by atoms with Gasteiger partial charge in [0.1, 0.15) is 35.8 Å². The average molecular weight is 641 g/mol. The zero-order valence-electron chi connectivity index (χ0n) is 26.6. The molecule has 48 heavy (non-hydrogen) atoms. The molecule has 10 nitrogen and oxygen atoms in total. The van der Waals surface area contributed by atoms with Gasteiger partial charge in [-0.05, 0) is 47.0 Å². The molecule has 2 heterocycles. The van der Waals surface area contributed by atoms with Crippen LogP contribution in [0.15, 0.2) is 103 Å². The third-order valence-corrected chi connectivity index (χ3v) is 8.46. The molecule has 2 amide bonds. The first-order valence-electron chi connectivity index (χ1n) is 15.7. The molecule has 0 radical (unpaired) electrons. The third-order valence-electron chi connectivity index (χ3n) is 8.46. The smallest absolute Gasteiger partial charge is 0.255 e. The lowest BCUT2D eigenvalue weighted by atomic mass is 9.96. The van der Waals surface area contributed by atoms with Gasteiger partial charge in [0.25, 0.3) is 5.91 Å². The second-order valence-corrected chi connectivity index (χ2v) is 11.7. The van der Waals surface area contributed by atoms with Gasteiger partial charge in [-0.3, -0.25) is 9.59 Å². The van der Waals surface area contributed by atoms with Crippen LogP contribution in [0.2, 0.25) is 0 Å². The fourth-order valence-corrected chi connectivity index (χ4v) is 5.82. The number of anilines is 1. The number of imidazole rings is 1. The molecule has 6 rings (SSSR count). The first-order chi connectivity index (χ1) is 23.4. The van der Waals surface area contributed by atoms with Crippen LogP contribution < -0.4 is 25.4 Å². The molecule has 0 fully saturated rings. The first-order valence-corrected chi connectivity index (χ1v) is 15.7. The predicted octanol–water partition coefficient (Wildman–Crippen LogP) is 5.24. The Bertz CT molecular complexity index is 1920. The van der Waals surface area contributed by atoms with Gasteiger partial charge in [0.2, 0.25) is 5.91 Å². The van der Waals surface area contributed by atoms with Crippen LogP contribution in [0.3, 0.4) is 0 Å². The zero-order chi connectivity index (χ0) is 33.5. The average Bonchev–Trinajstić information content (AvgIpc) is 3.59. The number of hydrogen-bond acceptors (Lipinski definition) is 7. The van der Waals surface area contributed by atoms with Crippen LogP contribution >= 0.6 is 0 Å². The Morgan fingerprint density at radius 2 is 1.77 bits per heavy atom. The van der Waals surface area contributed by atoms with Crippen LogP contribution in [-0.2, 0) is 24.2 Å². The highest BCUT2D eigenvalue weighted by molar-refractivity contribution is 6.00. The number of nitrogens with zero attached hydrogens (tertiary/aromatic N) is 3. The summed E-state index contributed by atoms with van der Waals surface area (Å²) in [5.74, 6) is 1.75. The number of para-hydroxylation sites is 1. The van der Waals surface area contributed by atoms with Gasteiger partial charge in [0, 0.05) is 31.9 Å². The van der Waals surface area contributed by atoms with Crippen molar-refractivity contribution < 1.29 is 19.1 Å². The lowest BCUT2D eigenvalue weighted by Gasteiger charge is -2.34. The molecule has 1 unspecified atom stereocenters. The van der Waals surface area contributed by atoms with E-state index in [1.807, 2.05) is 85.9 Å². The number of fused-ring (bicyclic) bond motifs is 1. The summed E-state index contributed by atoms with van der Waals surface area (Å²) in [6.45, 7) is 0.861. The van der Waals surface area contributed by atoms with E-state index in [1.54, 1.807) is 24.4 Å². The van der Waals surface area contributed by atoms with Crippen LogP contribution in [0.5, 0.6) is 11.5 Å². The van der Waals surface area contributed by atoms with E-state index in [9.17, 15) is 9.59 Å². The molecule has 0 saturated carbocycles. The Morgan fingerprint density at radius 3 is 2.50 bits per heavy atom. The lowest BCUT2D eigenvalue weighted by Crippen LogP contribution is -2.46. The summed E-state index contributed by atoms with van der Waals surface area (Å²) in [7, 11) is 1.98. The fraction of sp³-hybridized carbons (Fsp3) is 0.211. The number of aromatic amines is 1. The van der Waals surface area contributed by atoms with Gasteiger partial charge < -0.3 is 30.4 Å². The molecule has 1 aromatic heterocycles. The maximum atomic E-state index is 13.6. The number of nitrogens with two attached hydrogens (primary N) is 1. The molecule has 10 heteroatoms. The third kappa shape index (κ3) is 7.48. The number of carbonyl (C=O) groups is 2. The Hall–Kier alpha value is -6.08. The van der Waals surface area contributed by atoms with E-state index in [1.165, 1.54) is 0 Å². The van der Waals surface area contributed by atoms with E-state index < -0.39 is 17.9 Å². The Morgan fingerprint density at radius 1 is 1.02 bits per heavy atom. The number of rotatable bonds is 12. The van der Waals surface area contributed by atoms with E-state index in [0.717, 1.165) is 33.9 Å². The molecule has 4 N–H and O–H groups in total. The standard InChI is InChI=1S/C38H36N6O4/c1-44(35-23-41-34(43-35)21-26-10-12-27(22-39)13-11-26)33-18-19-47-36-30(33)8-5-9-31(36)38(46)42-32(37(40)45)20-25-14-16-29(17-15-25)48-24-28-6-3-2-4-7-28/h2-17,23,32-33H,18-21,24H2,1H3,(H2,40,45)(H,41,43)(H,42,46)/t32-,33?/m0/s1. The molecule has 0 bridgehead atoms. The molecule has 0 aliphatic carbocycles. The van der Waals surface area contributed by atoms with Crippen LogP contribution in [-0.4, -0.2) is 41.5 Å². The maximum absolute atomic E-state index is 13.6. The number of nitriles is 1. The second-order valence-electron chi connectivity index (χ2n) is 11.7. The number of amides is 2. The summed E-state index contributed by atoms with van der Waals surface area (Å²) in [5, 5.41) is 11.9. The highest BCUT2D eigenvalue weighted by atomic mass is 16.5. The van der Waals surface area contributed by atoms with Gasteiger partial charge in [0.15, 0.2) is 0 Å². The summed E-state index contributed by atoms with van der Waals surface area (Å²) < 4.78 is 11.9. The Kier molecular flexibility index (Phi) is 9.67. The minimum atomic E-state index is -0.925. The summed E-state index contributed by atoms with van der Waals surface area (Å²) in [6.07, 6.45) is 3.32. The second kappa shape index (κ2) is 14.6. The monoisotopic (exact) mass is 640 g/mol. The van der Waals surface area contributed by atoms with E-state index in [-0.39, 0.29) is 12.5 Å². The van der Waals surface area contributed by atoms with Crippen LogP contribution in [0.25, 0.3) is 0 Å². The van der Waals surface area contributed by atoms with Crippen molar-refractivity contribution in [1.29, 1.82) is 5.26 Å². The predicted molar refractivity (Wildman–Crippen MR) is 182 cm³/mol. The van der Waals surface area contributed by atoms with Gasteiger partial charge in [0.05, 0.1) is 36.0 Å². The van der Waals surface area contributed by atoms with Crippen molar-refractivity contribution >= 4 is 17.6 Å². The number of ether oxygens (including phenoxy) is 2. The van der Waals surface area contributed by atoms with Crippen molar-refractivity contribution in [3.8, 4) is 17.6 Å². The van der Waals surface area contributed by atoms with E-state index in [0.29, 0.717) is 48.7 Å². The molecule has 2 atom stereocenters. The summed E-state index contributed by atoms with van der Waals surface area (Å²) in [6, 6.07) is 31.3. The van der Waals surface area contributed by atoms with Crippen molar-refractivity contribution in [3.05, 3.63) is 142 Å². The molecule has 0 spiro atoms. The van der Waals surface area contributed by atoms with Gasteiger partial charge in [-0.15, -0.1) is 0 Å².